The molecule has 0 aliphatic carbocycles. The van der Waals surface area contributed by atoms with E-state index in [0.717, 1.165) is 13.0 Å². The minimum absolute atomic E-state index is 0.183. The van der Waals surface area contributed by atoms with Crippen molar-refractivity contribution in [3.63, 3.8) is 0 Å². The monoisotopic (exact) mass is 297 g/mol. The van der Waals surface area contributed by atoms with E-state index in [1.807, 2.05) is 32.6 Å². The molecule has 1 rings (SSSR count). The Morgan fingerprint density at radius 1 is 1.33 bits per heavy atom. The number of carbonyl (C=O) groups excluding carboxylic acids is 3. The van der Waals surface area contributed by atoms with Crippen LogP contribution in [0.4, 0.5) is 0 Å². The lowest BCUT2D eigenvalue weighted by atomic mass is 10.1. The second-order valence-corrected chi connectivity index (χ2v) is 6.31. The van der Waals surface area contributed by atoms with Gasteiger partial charge < -0.3 is 15.1 Å². The third-order valence-electron chi connectivity index (χ3n) is 3.63. The van der Waals surface area contributed by atoms with E-state index in [1.54, 1.807) is 4.90 Å². The highest BCUT2D eigenvalue weighted by Gasteiger charge is 2.29. The lowest BCUT2D eigenvalue weighted by Gasteiger charge is -2.34. The molecular weight excluding hydrogens is 270 g/mol. The van der Waals surface area contributed by atoms with Crippen LogP contribution in [0.15, 0.2) is 0 Å². The molecule has 0 aromatic heterocycles. The van der Waals surface area contributed by atoms with Gasteiger partial charge in [-0.3, -0.25) is 14.4 Å². The van der Waals surface area contributed by atoms with E-state index in [9.17, 15) is 14.4 Å². The molecule has 0 aromatic rings. The molecule has 0 aromatic carbocycles. The van der Waals surface area contributed by atoms with Gasteiger partial charge in [0.2, 0.25) is 5.91 Å². The maximum Gasteiger partial charge on any atom is 0.312 e. The van der Waals surface area contributed by atoms with Gasteiger partial charge in [0, 0.05) is 38.1 Å². The average molecular weight is 297 g/mol. The van der Waals surface area contributed by atoms with Gasteiger partial charge in [-0.1, -0.05) is 0 Å². The topological polar surface area (TPSA) is 69.7 Å². The van der Waals surface area contributed by atoms with E-state index in [4.69, 9.17) is 0 Å². The molecule has 6 heteroatoms. The predicted octanol–water partition coefficient (Wildman–Crippen LogP) is 0.762. The standard InChI is InChI=1S/C15H27N3O3/c1-5-18(15(2,3)4)14(21)13(20)16-9-7-11-17-10-6-8-12(17)19/h5-11H2,1-4H3,(H,16,20). The van der Waals surface area contributed by atoms with Crippen molar-refractivity contribution < 1.29 is 14.4 Å². The van der Waals surface area contributed by atoms with Crippen LogP contribution >= 0.6 is 0 Å². The van der Waals surface area contributed by atoms with Crippen LogP contribution in [0.5, 0.6) is 0 Å². The van der Waals surface area contributed by atoms with Gasteiger partial charge in [0.25, 0.3) is 0 Å². The first-order chi connectivity index (χ1) is 9.77. The number of rotatable bonds is 5. The van der Waals surface area contributed by atoms with Crippen molar-refractivity contribution >= 4 is 17.7 Å². The fraction of sp³-hybridized carbons (Fsp3) is 0.800. The zero-order chi connectivity index (χ0) is 16.0. The molecule has 0 radical (unpaired) electrons. The number of nitrogens with zero attached hydrogens (tertiary/aromatic N) is 2. The number of hydrogen-bond acceptors (Lipinski definition) is 3. The Balaban J connectivity index is 2.32. The molecule has 21 heavy (non-hydrogen) atoms. The van der Waals surface area contributed by atoms with E-state index < -0.39 is 11.8 Å². The van der Waals surface area contributed by atoms with Crippen molar-refractivity contribution in [1.29, 1.82) is 0 Å². The van der Waals surface area contributed by atoms with Crippen LogP contribution in [-0.4, -0.2) is 59.2 Å². The predicted molar refractivity (Wildman–Crippen MR) is 80.6 cm³/mol. The Morgan fingerprint density at radius 2 is 2.00 bits per heavy atom. The zero-order valence-electron chi connectivity index (χ0n) is 13.6. The van der Waals surface area contributed by atoms with Crippen LogP contribution in [0.2, 0.25) is 0 Å². The van der Waals surface area contributed by atoms with Crippen molar-refractivity contribution in [2.45, 2.75) is 52.5 Å². The molecule has 0 spiro atoms. The summed E-state index contributed by atoms with van der Waals surface area (Å²) in [6, 6.07) is 0. The highest BCUT2D eigenvalue weighted by molar-refractivity contribution is 6.35. The second kappa shape index (κ2) is 7.43. The quantitative estimate of drug-likeness (QED) is 0.602. The van der Waals surface area contributed by atoms with Crippen molar-refractivity contribution in [3.05, 3.63) is 0 Å². The lowest BCUT2D eigenvalue weighted by molar-refractivity contribution is -0.149. The first-order valence-electron chi connectivity index (χ1n) is 7.65. The SMILES string of the molecule is CCN(C(=O)C(=O)NCCCN1CCCC1=O)C(C)(C)C. The van der Waals surface area contributed by atoms with Crippen LogP contribution in [0.1, 0.15) is 47.0 Å². The number of amides is 3. The van der Waals surface area contributed by atoms with Gasteiger partial charge in [-0.05, 0) is 40.5 Å². The molecule has 1 saturated heterocycles. The normalized spacial score (nSPS) is 15.2. The van der Waals surface area contributed by atoms with Crippen molar-refractivity contribution in [3.8, 4) is 0 Å². The minimum Gasteiger partial charge on any atom is -0.348 e. The summed E-state index contributed by atoms with van der Waals surface area (Å²) in [7, 11) is 0. The van der Waals surface area contributed by atoms with Gasteiger partial charge >= 0.3 is 11.8 Å². The van der Waals surface area contributed by atoms with Crippen molar-refractivity contribution in [2.24, 2.45) is 0 Å². The summed E-state index contributed by atoms with van der Waals surface area (Å²) >= 11 is 0. The van der Waals surface area contributed by atoms with Crippen molar-refractivity contribution in [2.75, 3.05) is 26.2 Å². The molecule has 3 amide bonds. The van der Waals surface area contributed by atoms with Gasteiger partial charge in [0.15, 0.2) is 0 Å². The summed E-state index contributed by atoms with van der Waals surface area (Å²) in [4.78, 5) is 38.7. The summed E-state index contributed by atoms with van der Waals surface area (Å²) in [6.45, 7) is 9.93. The molecule has 1 N–H and O–H groups in total. The van der Waals surface area contributed by atoms with E-state index in [1.165, 1.54) is 0 Å². The molecule has 120 valence electrons. The van der Waals surface area contributed by atoms with Gasteiger partial charge in [-0.2, -0.15) is 0 Å². The summed E-state index contributed by atoms with van der Waals surface area (Å²) in [5.74, 6) is -0.885. The van der Waals surface area contributed by atoms with E-state index >= 15 is 0 Å². The maximum atomic E-state index is 12.1. The number of nitrogens with one attached hydrogen (secondary N) is 1. The van der Waals surface area contributed by atoms with E-state index in [0.29, 0.717) is 32.5 Å². The Kier molecular flexibility index (Phi) is 6.18. The number of hydrogen-bond donors (Lipinski definition) is 1. The summed E-state index contributed by atoms with van der Waals surface area (Å²) in [6.07, 6.45) is 2.22. The fourth-order valence-corrected chi connectivity index (χ4v) is 2.53. The summed E-state index contributed by atoms with van der Waals surface area (Å²) in [5, 5.41) is 2.64. The van der Waals surface area contributed by atoms with Gasteiger partial charge in [-0.25, -0.2) is 0 Å². The third-order valence-corrected chi connectivity index (χ3v) is 3.63. The Hall–Kier alpha value is -1.59. The minimum atomic E-state index is -0.570. The van der Waals surface area contributed by atoms with Crippen LogP contribution < -0.4 is 5.32 Å². The molecule has 0 saturated carbocycles. The molecule has 0 bridgehead atoms. The molecule has 1 fully saturated rings. The Bertz CT molecular complexity index is 401. The molecular formula is C15H27N3O3. The maximum absolute atomic E-state index is 12.1. The second-order valence-electron chi connectivity index (χ2n) is 6.31. The van der Waals surface area contributed by atoms with Crippen LogP contribution in [0, 0.1) is 0 Å². The van der Waals surface area contributed by atoms with E-state index in [-0.39, 0.29) is 11.4 Å². The Labute approximate surface area is 126 Å². The lowest BCUT2D eigenvalue weighted by Crippen LogP contribution is -2.51. The largest absolute Gasteiger partial charge is 0.348 e. The Morgan fingerprint density at radius 3 is 2.48 bits per heavy atom. The number of likely N-dealkylation sites (tertiary alicyclic amines) is 1. The number of carbonyl (C=O) groups is 3. The fourth-order valence-electron chi connectivity index (χ4n) is 2.53. The summed E-state index contributed by atoms with van der Waals surface area (Å²) < 4.78 is 0. The highest BCUT2D eigenvalue weighted by atomic mass is 16.2. The van der Waals surface area contributed by atoms with E-state index in [2.05, 4.69) is 5.32 Å². The van der Waals surface area contributed by atoms with Gasteiger partial charge in [-0.15, -0.1) is 0 Å². The zero-order valence-corrected chi connectivity index (χ0v) is 13.6. The molecule has 1 aliphatic heterocycles. The molecule has 1 aliphatic rings. The number of likely N-dealkylation sites (N-methyl/N-ethyl adjacent to an activating group) is 1. The molecule has 6 nitrogen and oxygen atoms in total. The average Bonchev–Trinajstić information content (AvgIpc) is 2.79. The molecule has 0 unspecified atom stereocenters. The van der Waals surface area contributed by atoms with Crippen LogP contribution in [0.3, 0.4) is 0 Å². The highest BCUT2D eigenvalue weighted by Crippen LogP contribution is 2.13. The smallest absolute Gasteiger partial charge is 0.312 e. The third kappa shape index (κ3) is 5.02. The molecule has 1 heterocycles. The summed E-state index contributed by atoms with van der Waals surface area (Å²) in [5.41, 5.74) is -0.370. The first kappa shape index (κ1) is 17.5. The van der Waals surface area contributed by atoms with Crippen molar-refractivity contribution in [1.82, 2.24) is 15.1 Å². The first-order valence-corrected chi connectivity index (χ1v) is 7.65. The van der Waals surface area contributed by atoms with Gasteiger partial charge in [0.1, 0.15) is 0 Å². The van der Waals surface area contributed by atoms with Gasteiger partial charge in [0.05, 0.1) is 0 Å². The van der Waals surface area contributed by atoms with Crippen LogP contribution in [0.25, 0.3) is 0 Å². The molecule has 0 atom stereocenters. The van der Waals surface area contributed by atoms with Crippen LogP contribution in [-0.2, 0) is 14.4 Å².